The zero-order valence-corrected chi connectivity index (χ0v) is 15.5. The first-order chi connectivity index (χ1) is 12.8. The molecular formula is C22H21N3O2. The Morgan fingerprint density at radius 1 is 1.15 bits per heavy atom. The second-order valence-corrected chi connectivity index (χ2v) is 7.90. The van der Waals surface area contributed by atoms with Crippen molar-refractivity contribution in [2.45, 2.75) is 20.8 Å². The van der Waals surface area contributed by atoms with E-state index in [1.165, 1.54) is 0 Å². The first-order valence-electron chi connectivity index (χ1n) is 8.94. The third-order valence-electron chi connectivity index (χ3n) is 4.88. The van der Waals surface area contributed by atoms with Crippen molar-refractivity contribution in [3.63, 3.8) is 0 Å². The van der Waals surface area contributed by atoms with E-state index in [0.29, 0.717) is 11.3 Å². The second kappa shape index (κ2) is 6.20. The van der Waals surface area contributed by atoms with Crippen molar-refractivity contribution in [1.82, 2.24) is 10.3 Å². The van der Waals surface area contributed by atoms with Crippen LogP contribution in [0.2, 0.25) is 0 Å². The van der Waals surface area contributed by atoms with Gasteiger partial charge in [-0.3, -0.25) is 9.59 Å². The highest BCUT2D eigenvalue weighted by Crippen LogP contribution is 2.38. The van der Waals surface area contributed by atoms with Crippen molar-refractivity contribution in [1.29, 1.82) is 0 Å². The molecule has 0 radical (unpaired) electrons. The molecule has 5 heteroatoms. The fourth-order valence-corrected chi connectivity index (χ4v) is 3.51. The molecule has 0 bridgehead atoms. The first kappa shape index (κ1) is 17.2. The second-order valence-electron chi connectivity index (χ2n) is 7.90. The number of aliphatic imine (C=N–C) groups is 1. The number of aromatic amines is 1. The molecule has 0 saturated carbocycles. The monoisotopic (exact) mass is 359 g/mol. The molecule has 1 unspecified atom stereocenters. The first-order valence-corrected chi connectivity index (χ1v) is 8.94. The number of benzene rings is 1. The fourth-order valence-electron chi connectivity index (χ4n) is 3.51. The highest BCUT2D eigenvalue weighted by Gasteiger charge is 2.32. The normalized spacial score (nSPS) is 20.9. The van der Waals surface area contributed by atoms with E-state index in [9.17, 15) is 9.59 Å². The van der Waals surface area contributed by atoms with E-state index < -0.39 is 0 Å². The van der Waals surface area contributed by atoms with E-state index >= 15 is 0 Å². The third-order valence-corrected chi connectivity index (χ3v) is 4.88. The van der Waals surface area contributed by atoms with Gasteiger partial charge < -0.3 is 10.3 Å². The van der Waals surface area contributed by atoms with Crippen LogP contribution in [0.1, 0.15) is 31.1 Å². The van der Waals surface area contributed by atoms with Gasteiger partial charge >= 0.3 is 0 Å². The number of hydrogen-bond acceptors (Lipinski definition) is 2. The van der Waals surface area contributed by atoms with Crippen LogP contribution in [-0.4, -0.2) is 22.5 Å². The Labute approximate surface area is 157 Å². The minimum atomic E-state index is -0.304. The SMILES string of the molecule is CC(C)(C)C1=CC(=O)NC2=CC(=NC(=O)c3ccc4[nH]ccc4c3)C=CC21. The van der Waals surface area contributed by atoms with Gasteiger partial charge in [0.15, 0.2) is 0 Å². The summed E-state index contributed by atoms with van der Waals surface area (Å²) in [7, 11) is 0. The Kier molecular flexibility index (Phi) is 3.95. The lowest BCUT2D eigenvalue weighted by Gasteiger charge is -2.34. The fraction of sp³-hybridized carbons (Fsp3) is 0.227. The number of nitrogens with zero attached hydrogens (tertiary/aromatic N) is 1. The quantitative estimate of drug-likeness (QED) is 0.810. The van der Waals surface area contributed by atoms with Crippen molar-refractivity contribution >= 4 is 28.4 Å². The van der Waals surface area contributed by atoms with Gasteiger partial charge in [-0.15, -0.1) is 0 Å². The predicted octanol–water partition coefficient (Wildman–Crippen LogP) is 3.92. The standard InChI is InChI=1S/C22H21N3O2/c1-22(2,3)17-12-20(26)25-19-11-15(5-6-16(17)19)24-21(27)14-4-7-18-13(10-14)8-9-23-18/h4-12,16,23H,1-3H3,(H,25,26). The van der Waals surface area contributed by atoms with Crippen LogP contribution in [0.5, 0.6) is 0 Å². The van der Waals surface area contributed by atoms with Crippen LogP contribution in [-0.2, 0) is 4.79 Å². The van der Waals surface area contributed by atoms with Crippen LogP contribution in [0.3, 0.4) is 0 Å². The summed E-state index contributed by atoms with van der Waals surface area (Å²) in [5.41, 5.74) is 3.75. The van der Waals surface area contributed by atoms with Crippen LogP contribution in [0.25, 0.3) is 10.9 Å². The number of amides is 2. The number of carbonyl (C=O) groups is 2. The number of aromatic nitrogens is 1. The van der Waals surface area contributed by atoms with Gasteiger partial charge in [-0.2, -0.15) is 0 Å². The zero-order chi connectivity index (χ0) is 19.2. The maximum atomic E-state index is 12.6. The number of H-pyrrole nitrogens is 1. The number of nitrogens with one attached hydrogen (secondary N) is 2. The Bertz CT molecular complexity index is 1070. The van der Waals surface area contributed by atoms with Crippen LogP contribution >= 0.6 is 0 Å². The van der Waals surface area contributed by atoms with Crippen molar-refractivity contribution in [2.75, 3.05) is 0 Å². The molecule has 1 atom stereocenters. The Morgan fingerprint density at radius 2 is 1.96 bits per heavy atom. The van der Waals surface area contributed by atoms with Crippen molar-refractivity contribution in [3.8, 4) is 0 Å². The maximum Gasteiger partial charge on any atom is 0.277 e. The summed E-state index contributed by atoms with van der Waals surface area (Å²) in [5.74, 6) is -0.434. The van der Waals surface area contributed by atoms with E-state index in [1.807, 2.05) is 36.5 Å². The minimum absolute atomic E-state index is 0.00737. The largest absolute Gasteiger partial charge is 0.361 e. The summed E-state index contributed by atoms with van der Waals surface area (Å²) in [6, 6.07) is 7.38. The van der Waals surface area contributed by atoms with Crippen molar-refractivity contribution < 1.29 is 9.59 Å². The maximum absolute atomic E-state index is 12.6. The predicted molar refractivity (Wildman–Crippen MR) is 106 cm³/mol. The molecular weight excluding hydrogens is 338 g/mol. The van der Waals surface area contributed by atoms with Gasteiger partial charge in [-0.1, -0.05) is 26.8 Å². The lowest BCUT2D eigenvalue weighted by atomic mass is 9.74. The highest BCUT2D eigenvalue weighted by molar-refractivity contribution is 6.14. The molecule has 0 spiro atoms. The summed E-state index contributed by atoms with van der Waals surface area (Å²) < 4.78 is 0. The minimum Gasteiger partial charge on any atom is -0.361 e. The van der Waals surface area contributed by atoms with Crippen molar-refractivity contribution in [3.05, 3.63) is 71.6 Å². The lowest BCUT2D eigenvalue weighted by molar-refractivity contribution is -0.116. The summed E-state index contributed by atoms with van der Waals surface area (Å²) in [4.78, 5) is 32.0. The molecule has 136 valence electrons. The molecule has 5 nitrogen and oxygen atoms in total. The molecule has 4 rings (SSSR count). The number of rotatable bonds is 1. The van der Waals surface area contributed by atoms with E-state index in [4.69, 9.17) is 0 Å². The van der Waals surface area contributed by atoms with Crippen LogP contribution < -0.4 is 5.32 Å². The number of allylic oxidation sites excluding steroid dienone is 3. The van der Waals surface area contributed by atoms with E-state index in [-0.39, 0.29) is 23.1 Å². The van der Waals surface area contributed by atoms with Gasteiger partial charge in [0, 0.05) is 40.4 Å². The number of carbonyl (C=O) groups excluding carboxylic acids is 2. The molecule has 0 saturated heterocycles. The molecule has 27 heavy (non-hydrogen) atoms. The molecule has 1 aliphatic heterocycles. The van der Waals surface area contributed by atoms with Gasteiger partial charge in [0.25, 0.3) is 5.91 Å². The number of hydrogen-bond donors (Lipinski definition) is 2. The van der Waals surface area contributed by atoms with Crippen LogP contribution in [0.15, 0.2) is 71.0 Å². The summed E-state index contributed by atoms with van der Waals surface area (Å²) >= 11 is 0. The summed E-state index contributed by atoms with van der Waals surface area (Å²) in [6.45, 7) is 6.27. The smallest absolute Gasteiger partial charge is 0.277 e. The molecule has 1 aromatic heterocycles. The van der Waals surface area contributed by atoms with E-state index in [0.717, 1.165) is 22.2 Å². The Balaban J connectivity index is 1.64. The molecule has 2 amide bonds. The molecule has 1 aliphatic carbocycles. The lowest BCUT2D eigenvalue weighted by Crippen LogP contribution is -2.36. The van der Waals surface area contributed by atoms with Gasteiger partial charge in [0.1, 0.15) is 0 Å². The van der Waals surface area contributed by atoms with E-state index in [2.05, 4.69) is 36.1 Å². The average Bonchev–Trinajstić information content (AvgIpc) is 3.07. The summed E-state index contributed by atoms with van der Waals surface area (Å²) in [5, 5.41) is 3.85. The van der Waals surface area contributed by atoms with Crippen LogP contribution in [0.4, 0.5) is 0 Å². The van der Waals surface area contributed by atoms with Gasteiger partial charge in [-0.25, -0.2) is 4.99 Å². The van der Waals surface area contributed by atoms with Crippen LogP contribution in [0, 0.1) is 11.3 Å². The topological polar surface area (TPSA) is 74.3 Å². The zero-order valence-electron chi connectivity index (χ0n) is 15.5. The van der Waals surface area contributed by atoms with Crippen molar-refractivity contribution in [2.24, 2.45) is 16.3 Å². The Hall–Kier alpha value is -3.21. The van der Waals surface area contributed by atoms with E-state index in [1.54, 1.807) is 18.2 Å². The van der Waals surface area contributed by atoms with Gasteiger partial charge in [0.2, 0.25) is 5.91 Å². The molecule has 2 N–H and O–H groups in total. The highest BCUT2D eigenvalue weighted by atomic mass is 16.2. The van der Waals surface area contributed by atoms with Gasteiger partial charge in [-0.05, 0) is 47.4 Å². The average molecular weight is 359 g/mol. The molecule has 1 aromatic carbocycles. The molecule has 2 aliphatic rings. The third kappa shape index (κ3) is 3.28. The molecule has 2 heterocycles. The Morgan fingerprint density at radius 3 is 2.74 bits per heavy atom. The summed E-state index contributed by atoms with van der Waals surface area (Å²) in [6.07, 6.45) is 9.14. The molecule has 2 aromatic rings. The van der Waals surface area contributed by atoms with Gasteiger partial charge in [0.05, 0.1) is 5.71 Å². The molecule has 0 fully saturated rings. The number of fused-ring (bicyclic) bond motifs is 2.